The van der Waals surface area contributed by atoms with Gasteiger partial charge in [0.05, 0.1) is 13.2 Å². The highest BCUT2D eigenvalue weighted by Crippen LogP contribution is 2.27. The van der Waals surface area contributed by atoms with E-state index in [4.69, 9.17) is 4.74 Å². The number of carbonyl (C=O) groups is 3. The molecule has 0 aliphatic carbocycles. The number of methoxy groups -OCH3 is 1. The first-order chi connectivity index (χ1) is 15.1. The van der Waals surface area contributed by atoms with E-state index < -0.39 is 0 Å². The Labute approximate surface area is 182 Å². The molecule has 7 nitrogen and oxygen atoms in total. The van der Waals surface area contributed by atoms with Gasteiger partial charge in [0, 0.05) is 55.0 Å². The summed E-state index contributed by atoms with van der Waals surface area (Å²) in [5, 5.41) is 3.09. The van der Waals surface area contributed by atoms with E-state index in [9.17, 15) is 14.4 Å². The van der Waals surface area contributed by atoms with Gasteiger partial charge in [-0.1, -0.05) is 6.07 Å². The lowest BCUT2D eigenvalue weighted by Gasteiger charge is -2.33. The standard InChI is InChI=1S/C24H27N3O4/c1-31-22-4-2-3-21(14-22)27-15-19(13-23(27)29)25-24(30)18-9-11-26(12-10-18)20-7-5-17(16-28)6-8-20/h2-8,14,16,18-19H,9-13,15H2,1H3,(H,25,30)/t19-/m0/s1. The number of nitrogens with one attached hydrogen (secondary N) is 1. The van der Waals surface area contributed by atoms with Crippen LogP contribution in [0.2, 0.25) is 0 Å². The summed E-state index contributed by atoms with van der Waals surface area (Å²) in [7, 11) is 1.60. The van der Waals surface area contributed by atoms with Crippen molar-refractivity contribution < 1.29 is 19.1 Å². The summed E-state index contributed by atoms with van der Waals surface area (Å²) in [5.41, 5.74) is 2.52. The molecular weight excluding hydrogens is 394 g/mol. The third kappa shape index (κ3) is 4.71. The van der Waals surface area contributed by atoms with Crippen LogP contribution in [0, 0.1) is 5.92 Å². The Morgan fingerprint density at radius 2 is 1.84 bits per heavy atom. The Balaban J connectivity index is 1.30. The molecule has 0 saturated carbocycles. The summed E-state index contributed by atoms with van der Waals surface area (Å²) in [6.45, 7) is 2.05. The number of anilines is 2. The minimum absolute atomic E-state index is 0.00661. The molecule has 2 fully saturated rings. The molecule has 0 radical (unpaired) electrons. The van der Waals surface area contributed by atoms with E-state index in [1.165, 1.54) is 0 Å². The molecule has 2 aliphatic rings. The zero-order valence-corrected chi connectivity index (χ0v) is 17.6. The SMILES string of the molecule is COc1cccc(N2C[C@@H](NC(=O)C3CCN(c4ccc(C=O)cc4)CC3)CC2=O)c1. The van der Waals surface area contributed by atoms with Gasteiger partial charge in [-0.15, -0.1) is 0 Å². The highest BCUT2D eigenvalue weighted by atomic mass is 16.5. The number of carbonyl (C=O) groups excluding carboxylic acids is 3. The summed E-state index contributed by atoms with van der Waals surface area (Å²) in [6.07, 6.45) is 2.68. The van der Waals surface area contributed by atoms with Crippen molar-refractivity contribution in [2.75, 3.05) is 36.5 Å². The molecule has 2 amide bonds. The van der Waals surface area contributed by atoms with E-state index in [1.54, 1.807) is 12.0 Å². The van der Waals surface area contributed by atoms with Crippen molar-refractivity contribution >= 4 is 29.5 Å². The van der Waals surface area contributed by atoms with Gasteiger partial charge in [0.25, 0.3) is 0 Å². The molecular formula is C24H27N3O4. The highest BCUT2D eigenvalue weighted by molar-refractivity contribution is 5.97. The monoisotopic (exact) mass is 421 g/mol. The summed E-state index contributed by atoms with van der Waals surface area (Å²) in [4.78, 5) is 40.1. The Hall–Kier alpha value is -3.35. The molecule has 1 atom stereocenters. The van der Waals surface area contributed by atoms with E-state index in [0.717, 1.165) is 43.6 Å². The maximum atomic E-state index is 12.8. The lowest BCUT2D eigenvalue weighted by atomic mass is 9.95. The number of piperidine rings is 1. The van der Waals surface area contributed by atoms with Crippen molar-refractivity contribution in [3.05, 3.63) is 54.1 Å². The van der Waals surface area contributed by atoms with Gasteiger partial charge in [0.15, 0.2) is 0 Å². The predicted octanol–water partition coefficient (Wildman–Crippen LogP) is 2.65. The molecule has 2 saturated heterocycles. The van der Waals surface area contributed by atoms with Crippen molar-refractivity contribution in [1.29, 1.82) is 0 Å². The van der Waals surface area contributed by atoms with Crippen molar-refractivity contribution in [3.8, 4) is 5.75 Å². The first-order valence-electron chi connectivity index (χ1n) is 10.6. The maximum absolute atomic E-state index is 12.8. The second kappa shape index (κ2) is 9.20. The van der Waals surface area contributed by atoms with Crippen molar-refractivity contribution in [2.24, 2.45) is 5.92 Å². The van der Waals surface area contributed by atoms with E-state index in [1.807, 2.05) is 48.5 Å². The minimum Gasteiger partial charge on any atom is -0.497 e. The minimum atomic E-state index is -0.180. The Morgan fingerprint density at radius 1 is 1.10 bits per heavy atom. The zero-order chi connectivity index (χ0) is 21.8. The van der Waals surface area contributed by atoms with Crippen LogP contribution in [0.1, 0.15) is 29.6 Å². The zero-order valence-electron chi connectivity index (χ0n) is 17.6. The molecule has 1 N–H and O–H groups in total. The van der Waals surface area contributed by atoms with E-state index >= 15 is 0 Å². The van der Waals surface area contributed by atoms with Crippen LogP contribution in [0.4, 0.5) is 11.4 Å². The van der Waals surface area contributed by atoms with Crippen LogP contribution in [0.3, 0.4) is 0 Å². The highest BCUT2D eigenvalue weighted by Gasteiger charge is 2.34. The molecule has 162 valence electrons. The number of hydrogen-bond donors (Lipinski definition) is 1. The molecule has 2 aliphatic heterocycles. The third-order valence-electron chi connectivity index (χ3n) is 6.10. The average Bonchev–Trinajstić information content (AvgIpc) is 3.19. The lowest BCUT2D eigenvalue weighted by Crippen LogP contribution is -2.44. The maximum Gasteiger partial charge on any atom is 0.229 e. The molecule has 31 heavy (non-hydrogen) atoms. The molecule has 7 heteroatoms. The largest absolute Gasteiger partial charge is 0.497 e. The van der Waals surface area contributed by atoms with Crippen LogP contribution in [-0.2, 0) is 9.59 Å². The molecule has 2 heterocycles. The van der Waals surface area contributed by atoms with Gasteiger partial charge >= 0.3 is 0 Å². The average molecular weight is 421 g/mol. The number of aldehydes is 1. The quantitative estimate of drug-likeness (QED) is 0.726. The molecule has 0 aromatic heterocycles. The van der Waals surface area contributed by atoms with Gasteiger partial charge in [0.2, 0.25) is 11.8 Å². The van der Waals surface area contributed by atoms with Gasteiger partial charge in [-0.2, -0.15) is 0 Å². The molecule has 2 aromatic carbocycles. The third-order valence-corrected chi connectivity index (χ3v) is 6.10. The summed E-state index contributed by atoms with van der Waals surface area (Å²) < 4.78 is 5.25. The van der Waals surface area contributed by atoms with Gasteiger partial charge in [-0.25, -0.2) is 0 Å². The normalized spacial score (nSPS) is 19.4. The summed E-state index contributed by atoms with van der Waals surface area (Å²) in [5.74, 6) is 0.685. The van der Waals surface area contributed by atoms with Gasteiger partial charge in [-0.3, -0.25) is 14.4 Å². The van der Waals surface area contributed by atoms with Crippen LogP contribution in [0.25, 0.3) is 0 Å². The number of hydrogen-bond acceptors (Lipinski definition) is 5. The van der Waals surface area contributed by atoms with Gasteiger partial charge in [-0.05, 0) is 49.2 Å². The Morgan fingerprint density at radius 3 is 2.52 bits per heavy atom. The Bertz CT molecular complexity index is 952. The number of amides is 2. The second-order valence-corrected chi connectivity index (χ2v) is 8.09. The van der Waals surface area contributed by atoms with E-state index in [2.05, 4.69) is 10.2 Å². The van der Waals surface area contributed by atoms with Crippen molar-refractivity contribution in [3.63, 3.8) is 0 Å². The first kappa shape index (κ1) is 20.9. The lowest BCUT2D eigenvalue weighted by molar-refractivity contribution is -0.126. The smallest absolute Gasteiger partial charge is 0.229 e. The van der Waals surface area contributed by atoms with Crippen LogP contribution < -0.4 is 19.9 Å². The molecule has 0 unspecified atom stereocenters. The molecule has 2 aromatic rings. The fourth-order valence-corrected chi connectivity index (χ4v) is 4.31. The Kier molecular flexibility index (Phi) is 6.21. The summed E-state index contributed by atoms with van der Waals surface area (Å²) >= 11 is 0. The fourth-order valence-electron chi connectivity index (χ4n) is 4.31. The number of rotatable bonds is 6. The van der Waals surface area contributed by atoms with Gasteiger partial charge in [0.1, 0.15) is 12.0 Å². The first-order valence-corrected chi connectivity index (χ1v) is 10.6. The van der Waals surface area contributed by atoms with Crippen molar-refractivity contribution in [1.82, 2.24) is 5.32 Å². The van der Waals surface area contributed by atoms with Crippen LogP contribution in [0.5, 0.6) is 5.75 Å². The number of benzene rings is 2. The number of nitrogens with zero attached hydrogens (tertiary/aromatic N) is 2. The van der Waals surface area contributed by atoms with Crippen molar-refractivity contribution in [2.45, 2.75) is 25.3 Å². The molecule has 4 rings (SSSR count). The van der Waals surface area contributed by atoms with Crippen LogP contribution >= 0.6 is 0 Å². The topological polar surface area (TPSA) is 79.0 Å². The fraction of sp³-hybridized carbons (Fsp3) is 0.375. The van der Waals surface area contributed by atoms with E-state index in [0.29, 0.717) is 24.3 Å². The molecule has 0 spiro atoms. The predicted molar refractivity (Wildman–Crippen MR) is 119 cm³/mol. The second-order valence-electron chi connectivity index (χ2n) is 8.09. The van der Waals surface area contributed by atoms with E-state index in [-0.39, 0.29) is 23.8 Å². The summed E-state index contributed by atoms with van der Waals surface area (Å²) in [6, 6.07) is 14.7. The van der Waals surface area contributed by atoms with Crippen LogP contribution in [0.15, 0.2) is 48.5 Å². The van der Waals surface area contributed by atoms with Crippen LogP contribution in [-0.4, -0.2) is 50.9 Å². The molecule has 0 bridgehead atoms. The van der Waals surface area contributed by atoms with Gasteiger partial charge < -0.3 is 19.9 Å². The number of ether oxygens (including phenoxy) is 1.